The Morgan fingerprint density at radius 2 is 2.25 bits per heavy atom. The zero-order valence-corrected chi connectivity index (χ0v) is 9.52. The second kappa shape index (κ2) is 4.33. The van der Waals surface area contributed by atoms with Crippen molar-refractivity contribution in [1.82, 2.24) is 14.8 Å². The third-order valence-electron chi connectivity index (χ3n) is 3.26. The molecular formula is C11H17N3O2. The summed E-state index contributed by atoms with van der Waals surface area (Å²) in [6, 6.07) is 0. The van der Waals surface area contributed by atoms with Crippen LogP contribution in [0.15, 0.2) is 6.33 Å². The molecule has 5 nitrogen and oxygen atoms in total. The summed E-state index contributed by atoms with van der Waals surface area (Å²) in [7, 11) is 0. The predicted molar refractivity (Wildman–Crippen MR) is 57.8 cm³/mol. The van der Waals surface area contributed by atoms with Crippen molar-refractivity contribution >= 4 is 5.78 Å². The summed E-state index contributed by atoms with van der Waals surface area (Å²) >= 11 is 0. The van der Waals surface area contributed by atoms with Crippen LogP contribution in [-0.2, 0) is 17.8 Å². The van der Waals surface area contributed by atoms with E-state index in [0.717, 1.165) is 12.8 Å². The largest absolute Gasteiger partial charge is 0.382 e. The Bertz CT molecular complexity index is 380. The Morgan fingerprint density at radius 1 is 1.56 bits per heavy atom. The average Bonchev–Trinajstić information content (AvgIpc) is 2.87. The molecule has 2 rings (SSSR count). The van der Waals surface area contributed by atoms with Crippen LogP contribution in [0.25, 0.3) is 0 Å². The number of nitrogens with zero attached hydrogens (tertiary/aromatic N) is 3. The summed E-state index contributed by atoms with van der Waals surface area (Å²) in [6.45, 7) is 2.65. The average molecular weight is 223 g/mol. The lowest BCUT2D eigenvalue weighted by Gasteiger charge is -2.19. The van der Waals surface area contributed by atoms with Crippen LogP contribution in [0.5, 0.6) is 0 Å². The van der Waals surface area contributed by atoms with Crippen LogP contribution in [0.3, 0.4) is 0 Å². The Hall–Kier alpha value is -1.23. The maximum absolute atomic E-state index is 12.0. The zero-order valence-electron chi connectivity index (χ0n) is 9.52. The SMILES string of the molecule is CCn1ncnc1CC(=O)C1(O)CCCC1. The van der Waals surface area contributed by atoms with E-state index in [1.165, 1.54) is 6.33 Å². The number of carbonyl (C=O) groups excluding carboxylic acids is 1. The van der Waals surface area contributed by atoms with Crippen LogP contribution in [0, 0.1) is 0 Å². The fourth-order valence-electron chi connectivity index (χ4n) is 2.24. The highest BCUT2D eigenvalue weighted by Gasteiger charge is 2.38. The van der Waals surface area contributed by atoms with Gasteiger partial charge in [0, 0.05) is 6.54 Å². The molecule has 1 fully saturated rings. The summed E-state index contributed by atoms with van der Waals surface area (Å²) < 4.78 is 1.69. The van der Waals surface area contributed by atoms with E-state index in [9.17, 15) is 9.90 Å². The van der Waals surface area contributed by atoms with Crippen molar-refractivity contribution in [2.45, 2.75) is 51.2 Å². The van der Waals surface area contributed by atoms with E-state index in [2.05, 4.69) is 10.1 Å². The zero-order chi connectivity index (χ0) is 11.6. The third-order valence-corrected chi connectivity index (χ3v) is 3.26. The van der Waals surface area contributed by atoms with E-state index in [-0.39, 0.29) is 12.2 Å². The normalized spacial score (nSPS) is 18.9. The van der Waals surface area contributed by atoms with Crippen LogP contribution >= 0.6 is 0 Å². The highest BCUT2D eigenvalue weighted by atomic mass is 16.3. The van der Waals surface area contributed by atoms with Gasteiger partial charge in [0.1, 0.15) is 17.8 Å². The van der Waals surface area contributed by atoms with E-state index in [1.807, 2.05) is 6.92 Å². The molecule has 0 radical (unpaired) electrons. The molecule has 1 heterocycles. The second-order valence-corrected chi connectivity index (χ2v) is 4.33. The third kappa shape index (κ3) is 2.00. The molecule has 0 aliphatic heterocycles. The van der Waals surface area contributed by atoms with Crippen molar-refractivity contribution in [3.63, 3.8) is 0 Å². The summed E-state index contributed by atoms with van der Waals surface area (Å²) in [5.41, 5.74) is -1.11. The fraction of sp³-hybridized carbons (Fsp3) is 0.727. The van der Waals surface area contributed by atoms with Crippen LogP contribution < -0.4 is 0 Å². The van der Waals surface area contributed by atoms with Gasteiger partial charge in [0.25, 0.3) is 0 Å². The van der Waals surface area contributed by atoms with Gasteiger partial charge < -0.3 is 5.11 Å². The van der Waals surface area contributed by atoms with Crippen LogP contribution in [-0.4, -0.2) is 31.3 Å². The molecule has 1 aliphatic carbocycles. The first-order valence-corrected chi connectivity index (χ1v) is 5.78. The van der Waals surface area contributed by atoms with Gasteiger partial charge in [-0.3, -0.25) is 4.79 Å². The van der Waals surface area contributed by atoms with Gasteiger partial charge in [0.05, 0.1) is 6.42 Å². The predicted octanol–water partition coefficient (Wildman–Crippen LogP) is 0.715. The fourth-order valence-corrected chi connectivity index (χ4v) is 2.24. The number of Topliss-reactive ketones (excluding diaryl/α,β-unsaturated/α-hetero) is 1. The maximum Gasteiger partial charge on any atom is 0.171 e. The van der Waals surface area contributed by atoms with E-state index < -0.39 is 5.60 Å². The topological polar surface area (TPSA) is 68.0 Å². The van der Waals surface area contributed by atoms with Crippen LogP contribution in [0.4, 0.5) is 0 Å². The minimum Gasteiger partial charge on any atom is -0.382 e. The number of rotatable bonds is 4. The smallest absolute Gasteiger partial charge is 0.171 e. The van der Waals surface area contributed by atoms with Crippen molar-refractivity contribution in [2.75, 3.05) is 0 Å². The van der Waals surface area contributed by atoms with Gasteiger partial charge in [0.15, 0.2) is 5.78 Å². The monoisotopic (exact) mass is 223 g/mol. The molecule has 0 unspecified atom stereocenters. The van der Waals surface area contributed by atoms with Gasteiger partial charge in [-0.15, -0.1) is 0 Å². The molecule has 0 aromatic carbocycles. The first-order valence-electron chi connectivity index (χ1n) is 5.78. The molecule has 1 aromatic rings. The first-order chi connectivity index (χ1) is 7.65. The van der Waals surface area contributed by atoms with Gasteiger partial charge >= 0.3 is 0 Å². The number of aryl methyl sites for hydroxylation is 1. The molecule has 16 heavy (non-hydrogen) atoms. The number of carbonyl (C=O) groups is 1. The van der Waals surface area contributed by atoms with E-state index >= 15 is 0 Å². The molecule has 1 N–H and O–H groups in total. The van der Waals surface area contributed by atoms with Crippen LogP contribution in [0.1, 0.15) is 38.4 Å². The summed E-state index contributed by atoms with van der Waals surface area (Å²) in [5, 5.41) is 14.1. The van der Waals surface area contributed by atoms with E-state index in [0.29, 0.717) is 25.2 Å². The second-order valence-electron chi connectivity index (χ2n) is 4.33. The van der Waals surface area contributed by atoms with Crippen molar-refractivity contribution in [2.24, 2.45) is 0 Å². The van der Waals surface area contributed by atoms with Crippen molar-refractivity contribution in [3.8, 4) is 0 Å². The van der Waals surface area contributed by atoms with Crippen molar-refractivity contribution < 1.29 is 9.90 Å². The minimum atomic E-state index is -1.11. The number of ketones is 1. The van der Waals surface area contributed by atoms with E-state index in [1.54, 1.807) is 4.68 Å². The summed E-state index contributed by atoms with van der Waals surface area (Å²) in [4.78, 5) is 16.0. The lowest BCUT2D eigenvalue weighted by Crippen LogP contribution is -2.37. The van der Waals surface area contributed by atoms with Gasteiger partial charge in [-0.05, 0) is 32.6 Å². The molecule has 0 bridgehead atoms. The summed E-state index contributed by atoms with van der Waals surface area (Å²) in [5.74, 6) is 0.528. The van der Waals surface area contributed by atoms with Crippen molar-refractivity contribution in [3.05, 3.63) is 12.2 Å². The van der Waals surface area contributed by atoms with Gasteiger partial charge in [-0.25, -0.2) is 9.67 Å². The Labute approximate surface area is 94.5 Å². The molecule has 0 atom stereocenters. The highest BCUT2D eigenvalue weighted by Crippen LogP contribution is 2.30. The molecule has 0 saturated heterocycles. The molecule has 88 valence electrons. The standard InChI is InChI=1S/C11H17N3O2/c1-2-14-10(12-8-13-14)7-9(15)11(16)5-3-4-6-11/h8,16H,2-7H2,1H3. The molecule has 1 saturated carbocycles. The molecule has 1 aromatic heterocycles. The molecule has 0 amide bonds. The van der Waals surface area contributed by atoms with Gasteiger partial charge in [-0.2, -0.15) is 5.10 Å². The van der Waals surface area contributed by atoms with Crippen LogP contribution in [0.2, 0.25) is 0 Å². The lowest BCUT2D eigenvalue weighted by atomic mass is 9.94. The van der Waals surface area contributed by atoms with Gasteiger partial charge in [-0.1, -0.05) is 0 Å². The van der Waals surface area contributed by atoms with Crippen molar-refractivity contribution in [1.29, 1.82) is 0 Å². The van der Waals surface area contributed by atoms with Gasteiger partial charge in [0.2, 0.25) is 0 Å². The molecule has 1 aliphatic rings. The first kappa shape index (κ1) is 11.3. The Balaban J connectivity index is 2.07. The number of aromatic nitrogens is 3. The Morgan fingerprint density at radius 3 is 2.88 bits per heavy atom. The number of aliphatic hydroxyl groups is 1. The quantitative estimate of drug-likeness (QED) is 0.816. The maximum atomic E-state index is 12.0. The molecule has 5 heteroatoms. The lowest BCUT2D eigenvalue weighted by molar-refractivity contribution is -0.136. The number of hydrogen-bond donors (Lipinski definition) is 1. The Kier molecular flexibility index (Phi) is 3.05. The minimum absolute atomic E-state index is 0.118. The molecule has 0 spiro atoms. The highest BCUT2D eigenvalue weighted by molar-refractivity contribution is 5.88. The van der Waals surface area contributed by atoms with E-state index in [4.69, 9.17) is 0 Å². The number of hydrogen-bond acceptors (Lipinski definition) is 4. The summed E-state index contributed by atoms with van der Waals surface area (Å²) in [6.07, 6.45) is 4.68. The molecular weight excluding hydrogens is 206 g/mol.